The molecule has 0 amide bonds. The summed E-state index contributed by atoms with van der Waals surface area (Å²) in [7, 11) is 0. The lowest BCUT2D eigenvalue weighted by molar-refractivity contribution is 0.591. The summed E-state index contributed by atoms with van der Waals surface area (Å²) in [4.78, 5) is 16.2. The van der Waals surface area contributed by atoms with E-state index in [2.05, 4.69) is 50.9 Å². The molecule has 126 valence electrons. The Labute approximate surface area is 140 Å². The maximum absolute atomic E-state index is 12.7. The number of H-pyrrole nitrogens is 1. The van der Waals surface area contributed by atoms with E-state index in [-0.39, 0.29) is 10.8 Å². The van der Waals surface area contributed by atoms with Gasteiger partial charge in [0.25, 0.3) is 0 Å². The molecular weight excluding hydrogens is 282 g/mol. The average molecular weight is 313 g/mol. The van der Waals surface area contributed by atoms with E-state index < -0.39 is 0 Å². The molecule has 1 heterocycles. The van der Waals surface area contributed by atoms with Crippen molar-refractivity contribution >= 4 is 10.9 Å². The number of unbranched alkanes of at least 4 members (excludes halogenated alkanes) is 4. The van der Waals surface area contributed by atoms with E-state index in [1.165, 1.54) is 31.2 Å². The molecule has 0 aliphatic rings. The smallest absolute Gasteiger partial charge is 0.192 e. The van der Waals surface area contributed by atoms with Crippen LogP contribution in [0.4, 0.5) is 0 Å². The van der Waals surface area contributed by atoms with Gasteiger partial charge in [-0.05, 0) is 42.9 Å². The molecule has 0 saturated carbocycles. The monoisotopic (exact) mass is 313 g/mol. The summed E-state index contributed by atoms with van der Waals surface area (Å²) in [6, 6.07) is 6.27. The number of aryl methyl sites for hydroxylation is 1. The molecule has 0 atom stereocenters. The Bertz CT molecular complexity index is 719. The molecule has 0 radical (unpaired) electrons. The second-order valence-electron chi connectivity index (χ2n) is 7.73. The Kier molecular flexibility index (Phi) is 5.67. The first-order valence-electron chi connectivity index (χ1n) is 9.00. The van der Waals surface area contributed by atoms with Gasteiger partial charge in [-0.1, -0.05) is 59.4 Å². The van der Waals surface area contributed by atoms with Crippen molar-refractivity contribution in [2.24, 2.45) is 0 Å². The van der Waals surface area contributed by atoms with Gasteiger partial charge in [-0.2, -0.15) is 0 Å². The van der Waals surface area contributed by atoms with Crippen molar-refractivity contribution in [3.05, 3.63) is 45.2 Å². The van der Waals surface area contributed by atoms with Gasteiger partial charge in [-0.25, -0.2) is 0 Å². The van der Waals surface area contributed by atoms with Gasteiger partial charge >= 0.3 is 0 Å². The number of rotatable bonds is 6. The van der Waals surface area contributed by atoms with Crippen LogP contribution >= 0.6 is 0 Å². The van der Waals surface area contributed by atoms with Gasteiger partial charge in [-0.3, -0.25) is 4.79 Å². The van der Waals surface area contributed by atoms with Crippen LogP contribution in [0.2, 0.25) is 0 Å². The zero-order chi connectivity index (χ0) is 17.0. The minimum atomic E-state index is 0.0620. The van der Waals surface area contributed by atoms with E-state index in [1.807, 2.05) is 6.92 Å². The molecule has 23 heavy (non-hydrogen) atoms. The van der Waals surface area contributed by atoms with Gasteiger partial charge in [0.1, 0.15) is 0 Å². The molecule has 0 spiro atoms. The Morgan fingerprint density at radius 2 is 1.74 bits per heavy atom. The third-order valence-electron chi connectivity index (χ3n) is 4.74. The first kappa shape index (κ1) is 17.8. The van der Waals surface area contributed by atoms with Crippen molar-refractivity contribution in [3.8, 4) is 0 Å². The minimum Gasteiger partial charge on any atom is -0.358 e. The van der Waals surface area contributed by atoms with Crippen molar-refractivity contribution in [2.75, 3.05) is 0 Å². The summed E-state index contributed by atoms with van der Waals surface area (Å²) in [6.45, 7) is 10.7. The minimum absolute atomic E-state index is 0.0620. The molecule has 0 fully saturated rings. The molecule has 0 unspecified atom stereocenters. The van der Waals surface area contributed by atoms with Gasteiger partial charge in [0.2, 0.25) is 0 Å². The van der Waals surface area contributed by atoms with Crippen LogP contribution in [0.15, 0.2) is 23.0 Å². The zero-order valence-electron chi connectivity index (χ0n) is 15.4. The number of pyridine rings is 1. The summed E-state index contributed by atoms with van der Waals surface area (Å²) in [5, 5.41) is 0.824. The number of hydrogen-bond acceptors (Lipinski definition) is 1. The van der Waals surface area contributed by atoms with E-state index in [1.54, 1.807) is 0 Å². The van der Waals surface area contributed by atoms with Crippen molar-refractivity contribution in [2.45, 2.75) is 78.6 Å². The summed E-state index contributed by atoms with van der Waals surface area (Å²) in [5.41, 5.74) is 4.43. The lowest BCUT2D eigenvalue weighted by atomic mass is 9.86. The summed E-state index contributed by atoms with van der Waals surface area (Å²) in [5.74, 6) is 0. The molecule has 2 nitrogen and oxygen atoms in total. The van der Waals surface area contributed by atoms with Crippen LogP contribution in [0.5, 0.6) is 0 Å². The Morgan fingerprint density at radius 3 is 2.39 bits per heavy atom. The van der Waals surface area contributed by atoms with Crippen LogP contribution in [-0.4, -0.2) is 4.98 Å². The average Bonchev–Trinajstić information content (AvgIpc) is 2.50. The molecule has 2 aromatic rings. The summed E-state index contributed by atoms with van der Waals surface area (Å²) >= 11 is 0. The SMILES string of the molecule is CCCCCCCc1[nH]c2ccc(C(C)(C)C)cc2c(=O)c1C. The predicted molar refractivity (Wildman–Crippen MR) is 100 cm³/mol. The van der Waals surface area contributed by atoms with E-state index >= 15 is 0 Å². The third kappa shape index (κ3) is 4.25. The predicted octanol–water partition coefficient (Wildman–Crippen LogP) is 5.65. The molecular formula is C21H31NO. The van der Waals surface area contributed by atoms with Gasteiger partial charge in [-0.15, -0.1) is 0 Å². The Hall–Kier alpha value is -1.57. The lowest BCUT2D eigenvalue weighted by Gasteiger charge is -2.19. The van der Waals surface area contributed by atoms with Crippen molar-refractivity contribution in [1.29, 1.82) is 0 Å². The normalized spacial score (nSPS) is 12.0. The molecule has 0 aliphatic carbocycles. The number of benzene rings is 1. The molecule has 2 rings (SSSR count). The molecule has 0 saturated heterocycles. The van der Waals surface area contributed by atoms with Crippen LogP contribution in [0.1, 0.15) is 76.6 Å². The van der Waals surface area contributed by atoms with Gasteiger partial charge < -0.3 is 4.98 Å². The molecule has 1 aromatic heterocycles. The highest BCUT2D eigenvalue weighted by Crippen LogP contribution is 2.25. The topological polar surface area (TPSA) is 32.9 Å². The Morgan fingerprint density at radius 1 is 1.04 bits per heavy atom. The standard InChI is InChI=1S/C21H31NO/c1-6-7-8-9-10-11-18-15(2)20(23)17-14-16(21(3,4)5)12-13-19(17)22-18/h12-14H,6-11H2,1-5H3,(H,22,23). The van der Waals surface area contributed by atoms with Crippen LogP contribution in [0.25, 0.3) is 10.9 Å². The number of aromatic nitrogens is 1. The summed E-state index contributed by atoms with van der Waals surface area (Å²) < 4.78 is 0. The van der Waals surface area contributed by atoms with E-state index in [0.29, 0.717) is 0 Å². The van der Waals surface area contributed by atoms with Gasteiger partial charge in [0.05, 0.1) is 0 Å². The molecule has 2 heteroatoms. The highest BCUT2D eigenvalue weighted by Gasteiger charge is 2.16. The second-order valence-corrected chi connectivity index (χ2v) is 7.73. The second kappa shape index (κ2) is 7.33. The van der Waals surface area contributed by atoms with Crippen molar-refractivity contribution in [1.82, 2.24) is 4.98 Å². The largest absolute Gasteiger partial charge is 0.358 e. The van der Waals surface area contributed by atoms with Crippen LogP contribution < -0.4 is 5.43 Å². The highest BCUT2D eigenvalue weighted by atomic mass is 16.1. The number of hydrogen-bond donors (Lipinski definition) is 1. The third-order valence-corrected chi connectivity index (χ3v) is 4.74. The lowest BCUT2D eigenvalue weighted by Crippen LogP contribution is -2.15. The van der Waals surface area contributed by atoms with Crippen LogP contribution in [0.3, 0.4) is 0 Å². The number of aromatic amines is 1. The van der Waals surface area contributed by atoms with Gasteiger partial charge in [0, 0.05) is 22.2 Å². The zero-order valence-corrected chi connectivity index (χ0v) is 15.4. The molecule has 1 N–H and O–H groups in total. The quantitative estimate of drug-likeness (QED) is 0.687. The van der Waals surface area contributed by atoms with Crippen LogP contribution in [-0.2, 0) is 11.8 Å². The van der Waals surface area contributed by atoms with Crippen molar-refractivity contribution < 1.29 is 0 Å². The van der Waals surface area contributed by atoms with Gasteiger partial charge in [0.15, 0.2) is 5.43 Å². The van der Waals surface area contributed by atoms with E-state index in [9.17, 15) is 4.79 Å². The molecule has 0 bridgehead atoms. The maximum atomic E-state index is 12.7. The fraction of sp³-hybridized carbons (Fsp3) is 0.571. The number of fused-ring (bicyclic) bond motifs is 1. The first-order chi connectivity index (χ1) is 10.8. The Balaban J connectivity index is 2.29. The molecule has 1 aromatic carbocycles. The fourth-order valence-corrected chi connectivity index (χ4v) is 3.06. The first-order valence-corrected chi connectivity index (χ1v) is 9.00. The van der Waals surface area contributed by atoms with E-state index in [4.69, 9.17) is 0 Å². The van der Waals surface area contributed by atoms with Crippen LogP contribution in [0, 0.1) is 6.92 Å². The van der Waals surface area contributed by atoms with Crippen molar-refractivity contribution in [3.63, 3.8) is 0 Å². The highest BCUT2D eigenvalue weighted by molar-refractivity contribution is 5.80. The molecule has 0 aliphatic heterocycles. The maximum Gasteiger partial charge on any atom is 0.192 e. The summed E-state index contributed by atoms with van der Waals surface area (Å²) in [6.07, 6.45) is 7.24. The number of nitrogens with one attached hydrogen (secondary N) is 1. The fourth-order valence-electron chi connectivity index (χ4n) is 3.06. The van der Waals surface area contributed by atoms with E-state index in [0.717, 1.165) is 35.0 Å².